The maximum atomic E-state index is 11.5. The van der Waals surface area contributed by atoms with E-state index >= 15 is 0 Å². The number of nitrogens with one attached hydrogen (secondary N) is 1. The first-order valence-corrected chi connectivity index (χ1v) is 6.19. The number of ether oxygens (including phenoxy) is 1. The Hall–Kier alpha value is -0.460. The smallest absolute Gasteiger partial charge is 0.309 e. The minimum Gasteiger partial charge on any atom is -0.466 e. The average Bonchev–Trinajstić information content (AvgIpc) is 2.46. The van der Waals surface area contributed by atoms with Crippen LogP contribution in [0.4, 0.5) is 0 Å². The molecule has 2 N–H and O–H groups in total. The van der Waals surface area contributed by atoms with E-state index in [2.05, 4.69) is 4.72 Å². The van der Waals surface area contributed by atoms with Gasteiger partial charge in [-0.2, -0.15) is 0 Å². The number of hydrogen-bond acceptors (Lipinski definition) is 3. The van der Waals surface area contributed by atoms with Gasteiger partial charge in [0, 0.05) is 6.04 Å². The fourth-order valence-electron chi connectivity index (χ4n) is 2.06. The zero-order valence-electron chi connectivity index (χ0n) is 8.93. The highest BCUT2D eigenvalue weighted by Crippen LogP contribution is 2.32. The maximum Gasteiger partial charge on any atom is 0.309 e. The second-order valence-electron chi connectivity index (χ2n) is 3.87. The summed E-state index contributed by atoms with van der Waals surface area (Å²) in [6.45, 7) is 4.12. The largest absolute Gasteiger partial charge is 0.466 e. The van der Waals surface area contributed by atoms with Gasteiger partial charge in [0.2, 0.25) is 11.3 Å². The predicted octanol–water partition coefficient (Wildman–Crippen LogP) is 0.690. The Labute approximate surface area is 92.0 Å². The van der Waals surface area contributed by atoms with Crippen LogP contribution in [0.25, 0.3) is 0 Å². The van der Waals surface area contributed by atoms with Gasteiger partial charge in [-0.25, -0.2) is 8.93 Å². The van der Waals surface area contributed by atoms with Crippen LogP contribution in [0.2, 0.25) is 0 Å². The van der Waals surface area contributed by atoms with Crippen molar-refractivity contribution in [3.05, 3.63) is 0 Å². The van der Waals surface area contributed by atoms with Crippen molar-refractivity contribution in [3.63, 3.8) is 0 Å². The van der Waals surface area contributed by atoms with Crippen molar-refractivity contribution in [1.82, 2.24) is 4.72 Å². The first kappa shape index (κ1) is 12.6. The molecule has 0 aromatic carbocycles. The van der Waals surface area contributed by atoms with Crippen LogP contribution in [0, 0.1) is 11.8 Å². The standard InChI is InChI=1S/C9H17NO4S/c1-3-14-9(11)8-5-7(4-6(8)2)10-15(12)13/h6-8,10H,3-5H2,1-2H3,(H,12,13). The summed E-state index contributed by atoms with van der Waals surface area (Å²) >= 11 is -2.00. The van der Waals surface area contributed by atoms with E-state index < -0.39 is 11.3 Å². The quantitative estimate of drug-likeness (QED) is 0.555. The van der Waals surface area contributed by atoms with E-state index in [-0.39, 0.29) is 23.8 Å². The molecule has 4 atom stereocenters. The molecule has 0 amide bonds. The van der Waals surface area contributed by atoms with Gasteiger partial charge in [0.05, 0.1) is 12.5 Å². The SMILES string of the molecule is CCOC(=O)C1CC(NS(=O)O)CC1C. The van der Waals surface area contributed by atoms with E-state index in [1.54, 1.807) is 6.92 Å². The third kappa shape index (κ3) is 3.55. The third-order valence-corrected chi connectivity index (χ3v) is 3.27. The Bertz CT molecular complexity index is 258. The molecule has 88 valence electrons. The van der Waals surface area contributed by atoms with Gasteiger partial charge in [0.25, 0.3) is 0 Å². The van der Waals surface area contributed by atoms with Gasteiger partial charge in [-0.15, -0.1) is 0 Å². The molecule has 0 aromatic rings. The second kappa shape index (κ2) is 5.58. The zero-order chi connectivity index (χ0) is 11.4. The molecular formula is C9H17NO4S. The van der Waals surface area contributed by atoms with Gasteiger partial charge in [0.1, 0.15) is 0 Å². The molecule has 0 aromatic heterocycles. The van der Waals surface area contributed by atoms with E-state index in [0.717, 1.165) is 6.42 Å². The lowest BCUT2D eigenvalue weighted by atomic mass is 9.99. The van der Waals surface area contributed by atoms with Crippen LogP contribution < -0.4 is 4.72 Å². The molecule has 0 heterocycles. The summed E-state index contributed by atoms with van der Waals surface area (Å²) in [4.78, 5) is 11.5. The maximum absolute atomic E-state index is 11.5. The highest BCUT2D eigenvalue weighted by Gasteiger charge is 2.37. The molecule has 1 saturated carbocycles. The van der Waals surface area contributed by atoms with Gasteiger partial charge in [-0.3, -0.25) is 9.35 Å². The minimum absolute atomic E-state index is 0.0692. The number of carbonyl (C=O) groups excluding carboxylic acids is 1. The lowest BCUT2D eigenvalue weighted by Crippen LogP contribution is -2.28. The molecule has 0 bridgehead atoms. The normalized spacial score (nSPS) is 32.6. The molecule has 0 spiro atoms. The lowest BCUT2D eigenvalue weighted by molar-refractivity contribution is -0.149. The van der Waals surface area contributed by atoms with Crippen molar-refractivity contribution in [2.45, 2.75) is 32.7 Å². The molecule has 6 heteroatoms. The Morgan fingerprint density at radius 1 is 1.60 bits per heavy atom. The molecule has 0 aliphatic heterocycles. The summed E-state index contributed by atoms with van der Waals surface area (Å²) in [5.74, 6) is -0.144. The summed E-state index contributed by atoms with van der Waals surface area (Å²) in [7, 11) is 0. The predicted molar refractivity (Wildman–Crippen MR) is 56.2 cm³/mol. The molecule has 15 heavy (non-hydrogen) atoms. The molecule has 1 fully saturated rings. The first-order valence-electron chi connectivity index (χ1n) is 5.08. The van der Waals surface area contributed by atoms with Gasteiger partial charge < -0.3 is 4.74 Å². The third-order valence-electron chi connectivity index (χ3n) is 2.74. The van der Waals surface area contributed by atoms with Crippen LogP contribution in [0.15, 0.2) is 0 Å². The molecule has 5 nitrogen and oxygen atoms in total. The Kier molecular flexibility index (Phi) is 4.69. The van der Waals surface area contributed by atoms with Crippen molar-refractivity contribution >= 4 is 17.2 Å². The Morgan fingerprint density at radius 2 is 2.27 bits per heavy atom. The highest BCUT2D eigenvalue weighted by atomic mass is 32.2. The van der Waals surface area contributed by atoms with E-state index in [0.29, 0.717) is 13.0 Å². The van der Waals surface area contributed by atoms with Crippen LogP contribution in [0.1, 0.15) is 26.7 Å². The van der Waals surface area contributed by atoms with Gasteiger partial charge in [-0.05, 0) is 25.7 Å². The van der Waals surface area contributed by atoms with Crippen molar-refractivity contribution in [2.24, 2.45) is 11.8 Å². The molecule has 4 unspecified atom stereocenters. The first-order chi connectivity index (χ1) is 7.04. The average molecular weight is 235 g/mol. The molecule has 1 aliphatic carbocycles. The molecule has 0 saturated heterocycles. The van der Waals surface area contributed by atoms with Crippen LogP contribution >= 0.6 is 0 Å². The van der Waals surface area contributed by atoms with E-state index in [1.807, 2.05) is 6.92 Å². The van der Waals surface area contributed by atoms with Gasteiger partial charge in [0.15, 0.2) is 0 Å². The summed E-state index contributed by atoms with van der Waals surface area (Å²) in [5, 5.41) is 0. The number of rotatable bonds is 4. The summed E-state index contributed by atoms with van der Waals surface area (Å²) in [5.41, 5.74) is 0. The van der Waals surface area contributed by atoms with E-state index in [9.17, 15) is 9.00 Å². The topological polar surface area (TPSA) is 75.6 Å². The van der Waals surface area contributed by atoms with E-state index in [1.165, 1.54) is 0 Å². The molecular weight excluding hydrogens is 218 g/mol. The summed E-state index contributed by atoms with van der Waals surface area (Å²) in [6.07, 6.45) is 1.31. The number of carbonyl (C=O) groups is 1. The monoisotopic (exact) mass is 235 g/mol. The lowest BCUT2D eigenvalue weighted by Gasteiger charge is -2.12. The van der Waals surface area contributed by atoms with Crippen molar-refractivity contribution in [1.29, 1.82) is 0 Å². The van der Waals surface area contributed by atoms with Gasteiger partial charge in [-0.1, -0.05) is 6.92 Å². The van der Waals surface area contributed by atoms with Crippen LogP contribution in [-0.2, 0) is 20.8 Å². The van der Waals surface area contributed by atoms with Crippen molar-refractivity contribution < 1.29 is 18.3 Å². The van der Waals surface area contributed by atoms with Gasteiger partial charge >= 0.3 is 5.97 Å². The summed E-state index contributed by atoms with van der Waals surface area (Å²) in [6, 6.07) is -0.0692. The van der Waals surface area contributed by atoms with Crippen molar-refractivity contribution in [3.8, 4) is 0 Å². The van der Waals surface area contributed by atoms with Crippen LogP contribution in [0.5, 0.6) is 0 Å². The number of esters is 1. The summed E-state index contributed by atoms with van der Waals surface area (Å²) < 4.78 is 26.7. The zero-order valence-corrected chi connectivity index (χ0v) is 9.75. The second-order valence-corrected chi connectivity index (χ2v) is 4.61. The molecule has 0 radical (unpaired) electrons. The Balaban J connectivity index is 2.48. The molecule has 1 aliphatic rings. The fraction of sp³-hybridized carbons (Fsp3) is 0.889. The fourth-order valence-corrected chi connectivity index (χ4v) is 2.54. The number of hydrogen-bond donors (Lipinski definition) is 2. The van der Waals surface area contributed by atoms with E-state index in [4.69, 9.17) is 9.29 Å². The van der Waals surface area contributed by atoms with Crippen molar-refractivity contribution in [2.75, 3.05) is 6.61 Å². The van der Waals surface area contributed by atoms with Crippen LogP contribution in [-0.4, -0.2) is 27.4 Å². The Morgan fingerprint density at radius 3 is 2.80 bits per heavy atom. The molecule has 1 rings (SSSR count). The van der Waals surface area contributed by atoms with Crippen LogP contribution in [0.3, 0.4) is 0 Å². The highest BCUT2D eigenvalue weighted by molar-refractivity contribution is 7.77. The minimum atomic E-state index is -2.00.